The van der Waals surface area contributed by atoms with Gasteiger partial charge in [-0.2, -0.15) is 5.10 Å². The van der Waals surface area contributed by atoms with E-state index in [1.807, 2.05) is 0 Å². The highest BCUT2D eigenvalue weighted by Crippen LogP contribution is 2.13. The van der Waals surface area contributed by atoms with Gasteiger partial charge in [0.25, 0.3) is 0 Å². The number of aromatic nitrogens is 3. The molecule has 0 aliphatic rings. The number of hydrogen-bond acceptors (Lipinski definition) is 6. The summed E-state index contributed by atoms with van der Waals surface area (Å²) in [5.74, 6) is -0.366. The summed E-state index contributed by atoms with van der Waals surface area (Å²) in [5.41, 5.74) is 1.04. The normalized spacial score (nSPS) is 9.57. The summed E-state index contributed by atoms with van der Waals surface area (Å²) in [5, 5.41) is 9.64. The first-order valence-electron chi connectivity index (χ1n) is 5.65. The molecule has 1 aromatic carbocycles. The Bertz CT molecular complexity index is 589. The lowest BCUT2D eigenvalue weighted by Gasteiger charge is -2.05. The molecule has 21 heavy (non-hydrogen) atoms. The number of nitrogens with zero attached hydrogens (tertiary/aromatic N) is 2. The first-order chi connectivity index (χ1) is 9.69. The number of thioether (sulfide) groups is 1. The van der Waals surface area contributed by atoms with Crippen molar-refractivity contribution in [1.82, 2.24) is 15.2 Å². The van der Waals surface area contributed by atoms with Crippen LogP contribution in [0.1, 0.15) is 10.4 Å². The summed E-state index contributed by atoms with van der Waals surface area (Å²) >= 11 is 1.25. The summed E-state index contributed by atoms with van der Waals surface area (Å²) < 4.78 is 4.59. The third-order valence-electron chi connectivity index (χ3n) is 2.32. The number of anilines is 1. The largest absolute Gasteiger partial charge is 0.465 e. The van der Waals surface area contributed by atoms with Crippen LogP contribution in [-0.2, 0) is 9.53 Å². The summed E-state index contributed by atoms with van der Waals surface area (Å²) in [4.78, 5) is 26.8. The number of carbonyl (C=O) groups is 2. The van der Waals surface area contributed by atoms with Gasteiger partial charge in [0.2, 0.25) is 5.91 Å². The van der Waals surface area contributed by atoms with E-state index in [1.165, 1.54) is 25.2 Å². The molecule has 0 saturated heterocycles. The van der Waals surface area contributed by atoms with Crippen molar-refractivity contribution in [2.75, 3.05) is 18.2 Å². The number of ether oxygens (including phenoxy) is 1. The van der Waals surface area contributed by atoms with Crippen molar-refractivity contribution in [1.29, 1.82) is 0 Å². The maximum Gasteiger partial charge on any atom is 0.337 e. The van der Waals surface area contributed by atoms with Gasteiger partial charge in [-0.1, -0.05) is 11.8 Å². The molecule has 2 N–H and O–H groups in total. The third kappa shape index (κ3) is 5.09. The molecule has 7 nitrogen and oxygen atoms in total. The quantitative estimate of drug-likeness (QED) is 0.641. The van der Waals surface area contributed by atoms with E-state index in [-0.39, 0.29) is 24.1 Å². The van der Waals surface area contributed by atoms with Crippen molar-refractivity contribution >= 4 is 41.7 Å². The van der Waals surface area contributed by atoms with Crippen LogP contribution in [0.5, 0.6) is 0 Å². The zero-order valence-corrected chi connectivity index (χ0v) is 12.7. The lowest BCUT2D eigenvalue weighted by molar-refractivity contribution is -0.113. The Kier molecular flexibility index (Phi) is 6.70. The predicted octanol–water partition coefficient (Wildman–Crippen LogP) is 1.74. The molecule has 0 atom stereocenters. The molecule has 9 heteroatoms. The number of carbonyl (C=O) groups excluding carboxylic acids is 2. The van der Waals surface area contributed by atoms with Crippen LogP contribution in [-0.4, -0.2) is 39.9 Å². The standard InChI is InChI=1S/C12H12N4O3S.ClH/c1-19-11(18)8-2-4-9(5-3-8)15-10(17)6-20-12-13-7-14-16-12;/h2-5,7H,6H2,1H3,(H,15,17)(H,13,14,16);1H. The maximum atomic E-state index is 11.7. The second kappa shape index (κ2) is 8.28. The molecule has 2 rings (SSSR count). The maximum absolute atomic E-state index is 11.7. The van der Waals surface area contributed by atoms with Crippen LogP contribution in [0, 0.1) is 0 Å². The number of H-pyrrole nitrogens is 1. The first kappa shape index (κ1) is 17.0. The smallest absolute Gasteiger partial charge is 0.337 e. The number of benzene rings is 1. The molecule has 0 radical (unpaired) electrons. The van der Waals surface area contributed by atoms with E-state index in [9.17, 15) is 9.59 Å². The summed E-state index contributed by atoms with van der Waals surface area (Å²) in [7, 11) is 1.32. The van der Waals surface area contributed by atoms with Crippen molar-refractivity contribution in [3.8, 4) is 0 Å². The minimum atomic E-state index is -0.413. The van der Waals surface area contributed by atoms with Crippen molar-refractivity contribution in [3.63, 3.8) is 0 Å². The van der Waals surface area contributed by atoms with Crippen molar-refractivity contribution < 1.29 is 14.3 Å². The number of esters is 1. The Balaban J connectivity index is 0.00000220. The Hall–Kier alpha value is -2.06. The molecule has 2 aromatic rings. The topological polar surface area (TPSA) is 97.0 Å². The monoisotopic (exact) mass is 328 g/mol. The fourth-order valence-electron chi connectivity index (χ4n) is 1.40. The minimum Gasteiger partial charge on any atom is -0.465 e. The first-order valence-corrected chi connectivity index (χ1v) is 6.64. The highest BCUT2D eigenvalue weighted by Gasteiger charge is 2.07. The molecular weight excluding hydrogens is 316 g/mol. The van der Waals surface area contributed by atoms with Gasteiger partial charge in [-0.05, 0) is 24.3 Å². The molecule has 0 aliphatic heterocycles. The van der Waals surface area contributed by atoms with Crippen LogP contribution < -0.4 is 5.32 Å². The molecule has 0 aliphatic carbocycles. The number of hydrogen-bond donors (Lipinski definition) is 2. The van der Waals surface area contributed by atoms with E-state index in [1.54, 1.807) is 24.3 Å². The van der Waals surface area contributed by atoms with Crippen molar-refractivity contribution in [3.05, 3.63) is 36.2 Å². The SMILES string of the molecule is COC(=O)c1ccc(NC(=O)CSc2ncn[nH]2)cc1.Cl. The van der Waals surface area contributed by atoms with E-state index in [4.69, 9.17) is 0 Å². The molecule has 0 saturated carbocycles. The van der Waals surface area contributed by atoms with Gasteiger partial charge >= 0.3 is 5.97 Å². The van der Waals surface area contributed by atoms with E-state index < -0.39 is 5.97 Å². The average Bonchev–Trinajstić information content (AvgIpc) is 2.98. The molecule has 0 fully saturated rings. The van der Waals surface area contributed by atoms with Crippen LogP contribution in [0.25, 0.3) is 0 Å². The van der Waals surface area contributed by atoms with E-state index in [0.717, 1.165) is 0 Å². The summed E-state index contributed by atoms with van der Waals surface area (Å²) in [6.45, 7) is 0. The number of halogens is 1. The predicted molar refractivity (Wildman–Crippen MR) is 80.8 cm³/mol. The van der Waals surface area contributed by atoms with Crippen LogP contribution in [0.4, 0.5) is 5.69 Å². The van der Waals surface area contributed by atoms with Crippen LogP contribution in [0.3, 0.4) is 0 Å². The van der Waals surface area contributed by atoms with Gasteiger partial charge in [0.1, 0.15) is 6.33 Å². The molecule has 1 aromatic heterocycles. The second-order valence-corrected chi connectivity index (χ2v) is 4.66. The third-order valence-corrected chi connectivity index (χ3v) is 3.20. The minimum absolute atomic E-state index is 0. The molecule has 1 heterocycles. The molecule has 0 bridgehead atoms. The molecule has 1 amide bonds. The Morgan fingerprint density at radius 1 is 1.33 bits per heavy atom. The van der Waals surface area contributed by atoms with Gasteiger partial charge in [-0.25, -0.2) is 9.78 Å². The second-order valence-electron chi connectivity index (χ2n) is 3.70. The van der Waals surface area contributed by atoms with Crippen LogP contribution >= 0.6 is 24.2 Å². The van der Waals surface area contributed by atoms with E-state index in [2.05, 4.69) is 25.2 Å². The fourth-order valence-corrected chi connectivity index (χ4v) is 1.98. The molecular formula is C12H13ClN4O3S. The van der Waals surface area contributed by atoms with Gasteiger partial charge in [0.05, 0.1) is 18.4 Å². The van der Waals surface area contributed by atoms with Crippen LogP contribution in [0.2, 0.25) is 0 Å². The summed E-state index contributed by atoms with van der Waals surface area (Å²) in [6.07, 6.45) is 1.38. The van der Waals surface area contributed by atoms with Gasteiger partial charge in [0.15, 0.2) is 5.16 Å². The zero-order chi connectivity index (χ0) is 14.4. The highest BCUT2D eigenvalue weighted by atomic mass is 35.5. The van der Waals surface area contributed by atoms with Crippen molar-refractivity contribution in [2.45, 2.75) is 5.16 Å². The number of amides is 1. The number of methoxy groups -OCH3 is 1. The zero-order valence-electron chi connectivity index (χ0n) is 11.0. The fraction of sp³-hybridized carbons (Fsp3) is 0.167. The van der Waals surface area contributed by atoms with Gasteiger partial charge in [0, 0.05) is 5.69 Å². The Morgan fingerprint density at radius 3 is 2.62 bits per heavy atom. The van der Waals surface area contributed by atoms with Gasteiger partial charge in [-0.15, -0.1) is 12.4 Å². The molecule has 0 spiro atoms. The Labute approximate surface area is 131 Å². The Morgan fingerprint density at radius 2 is 2.05 bits per heavy atom. The average molecular weight is 329 g/mol. The lowest BCUT2D eigenvalue weighted by Crippen LogP contribution is -2.14. The molecule has 0 unspecified atom stereocenters. The van der Waals surface area contributed by atoms with Crippen molar-refractivity contribution in [2.24, 2.45) is 0 Å². The highest BCUT2D eigenvalue weighted by molar-refractivity contribution is 7.99. The van der Waals surface area contributed by atoms with Crippen LogP contribution in [0.15, 0.2) is 35.7 Å². The lowest BCUT2D eigenvalue weighted by atomic mass is 10.2. The van der Waals surface area contributed by atoms with Gasteiger partial charge in [-0.3, -0.25) is 9.89 Å². The van der Waals surface area contributed by atoms with E-state index >= 15 is 0 Å². The number of aromatic amines is 1. The molecule has 112 valence electrons. The number of rotatable bonds is 5. The number of nitrogens with one attached hydrogen (secondary N) is 2. The van der Waals surface area contributed by atoms with Gasteiger partial charge < -0.3 is 10.1 Å². The summed E-state index contributed by atoms with van der Waals surface area (Å²) in [6, 6.07) is 6.46. The van der Waals surface area contributed by atoms with E-state index in [0.29, 0.717) is 16.4 Å².